The zero-order valence-electron chi connectivity index (χ0n) is 10.5. The molecule has 0 aliphatic heterocycles. The predicted octanol–water partition coefficient (Wildman–Crippen LogP) is 2.76. The molecule has 2 heterocycles. The van der Waals surface area contributed by atoms with Gasteiger partial charge >= 0.3 is 0 Å². The van der Waals surface area contributed by atoms with Gasteiger partial charge in [-0.15, -0.1) is 0 Å². The average molecular weight is 259 g/mol. The van der Waals surface area contributed by atoms with Gasteiger partial charge in [-0.1, -0.05) is 0 Å². The lowest BCUT2D eigenvalue weighted by Crippen LogP contribution is -1.99. The van der Waals surface area contributed by atoms with E-state index in [1.165, 1.54) is 11.8 Å². The van der Waals surface area contributed by atoms with Crippen molar-refractivity contribution in [3.05, 3.63) is 40.8 Å². The van der Waals surface area contributed by atoms with Crippen molar-refractivity contribution in [3.63, 3.8) is 0 Å². The molecule has 18 heavy (non-hydrogen) atoms. The van der Waals surface area contributed by atoms with E-state index in [1.807, 2.05) is 20.8 Å². The van der Waals surface area contributed by atoms with Crippen LogP contribution >= 0.6 is 11.8 Å². The van der Waals surface area contributed by atoms with Crippen LogP contribution in [-0.4, -0.2) is 21.2 Å². The van der Waals surface area contributed by atoms with Crippen LogP contribution in [0.1, 0.15) is 27.3 Å². The fourth-order valence-electron chi connectivity index (χ4n) is 1.45. The number of hydrogen-bond donors (Lipinski definition) is 0. The SMILES string of the molecule is Cc1nc(Sc2ncccc2C=O)nc(C)c1C. The summed E-state index contributed by atoms with van der Waals surface area (Å²) in [6, 6.07) is 3.47. The van der Waals surface area contributed by atoms with E-state index in [1.54, 1.807) is 18.3 Å². The molecule has 2 rings (SSSR count). The van der Waals surface area contributed by atoms with E-state index in [0.717, 1.165) is 23.2 Å². The summed E-state index contributed by atoms with van der Waals surface area (Å²) in [5.74, 6) is 0. The fourth-order valence-corrected chi connectivity index (χ4v) is 2.34. The Morgan fingerprint density at radius 2 is 1.83 bits per heavy atom. The molecular formula is C13H13N3OS. The van der Waals surface area contributed by atoms with Gasteiger partial charge in [0.2, 0.25) is 0 Å². The van der Waals surface area contributed by atoms with E-state index in [2.05, 4.69) is 15.0 Å². The Hall–Kier alpha value is -1.75. The van der Waals surface area contributed by atoms with E-state index < -0.39 is 0 Å². The van der Waals surface area contributed by atoms with Crippen LogP contribution in [0.25, 0.3) is 0 Å². The van der Waals surface area contributed by atoms with Crippen LogP contribution in [0, 0.1) is 20.8 Å². The average Bonchev–Trinajstić information content (AvgIpc) is 2.36. The molecule has 0 amide bonds. The number of aldehydes is 1. The summed E-state index contributed by atoms with van der Waals surface area (Å²) >= 11 is 1.31. The van der Waals surface area contributed by atoms with Gasteiger partial charge in [-0.25, -0.2) is 15.0 Å². The Labute approximate surface area is 110 Å². The van der Waals surface area contributed by atoms with Crippen molar-refractivity contribution in [2.75, 3.05) is 0 Å². The van der Waals surface area contributed by atoms with Crippen LogP contribution in [0.4, 0.5) is 0 Å². The lowest BCUT2D eigenvalue weighted by molar-refractivity contribution is 0.112. The minimum Gasteiger partial charge on any atom is -0.298 e. The van der Waals surface area contributed by atoms with E-state index in [9.17, 15) is 4.79 Å². The minimum absolute atomic E-state index is 0.557. The molecule has 0 aromatic carbocycles. The van der Waals surface area contributed by atoms with Gasteiger partial charge in [0.1, 0.15) is 5.03 Å². The van der Waals surface area contributed by atoms with Gasteiger partial charge in [0.25, 0.3) is 0 Å². The molecule has 0 aliphatic carbocycles. The quantitative estimate of drug-likeness (QED) is 0.626. The first-order valence-electron chi connectivity index (χ1n) is 5.51. The fraction of sp³-hybridized carbons (Fsp3) is 0.231. The standard InChI is InChI=1S/C13H13N3OS/c1-8-9(2)15-13(16-10(8)3)18-12-11(7-17)5-4-6-14-12/h4-7H,1-3H3. The van der Waals surface area contributed by atoms with Crippen molar-refractivity contribution in [2.45, 2.75) is 31.0 Å². The van der Waals surface area contributed by atoms with Crippen molar-refractivity contribution in [1.82, 2.24) is 15.0 Å². The molecule has 4 nitrogen and oxygen atoms in total. The number of aryl methyl sites for hydroxylation is 2. The molecule has 0 saturated carbocycles. The van der Waals surface area contributed by atoms with Crippen molar-refractivity contribution >= 4 is 18.0 Å². The Balaban J connectivity index is 2.37. The van der Waals surface area contributed by atoms with Gasteiger partial charge in [-0.05, 0) is 50.2 Å². The lowest BCUT2D eigenvalue weighted by Gasteiger charge is -2.07. The highest BCUT2D eigenvalue weighted by atomic mass is 32.2. The monoisotopic (exact) mass is 259 g/mol. The molecule has 0 spiro atoms. The highest BCUT2D eigenvalue weighted by molar-refractivity contribution is 7.99. The second-order valence-corrected chi connectivity index (χ2v) is 4.88. The largest absolute Gasteiger partial charge is 0.298 e. The normalized spacial score (nSPS) is 10.4. The summed E-state index contributed by atoms with van der Waals surface area (Å²) in [4.78, 5) is 23.9. The summed E-state index contributed by atoms with van der Waals surface area (Å²) in [6.45, 7) is 5.90. The third kappa shape index (κ3) is 2.56. The molecule has 0 atom stereocenters. The molecule has 2 aromatic rings. The summed E-state index contributed by atoms with van der Waals surface area (Å²) < 4.78 is 0. The molecule has 92 valence electrons. The second kappa shape index (κ2) is 5.27. The number of carbonyl (C=O) groups excluding carboxylic acids is 1. The topological polar surface area (TPSA) is 55.7 Å². The van der Waals surface area contributed by atoms with E-state index in [4.69, 9.17) is 0 Å². The zero-order chi connectivity index (χ0) is 13.1. The maximum Gasteiger partial charge on any atom is 0.194 e. The van der Waals surface area contributed by atoms with Gasteiger partial charge in [-0.3, -0.25) is 4.79 Å². The number of pyridine rings is 1. The molecule has 0 aliphatic rings. The summed E-state index contributed by atoms with van der Waals surface area (Å²) in [5, 5.41) is 1.26. The molecule has 0 unspecified atom stereocenters. The van der Waals surface area contributed by atoms with Crippen LogP contribution in [0.5, 0.6) is 0 Å². The molecule has 0 saturated heterocycles. The molecule has 0 N–H and O–H groups in total. The van der Waals surface area contributed by atoms with Crippen LogP contribution in [0.15, 0.2) is 28.5 Å². The maximum atomic E-state index is 10.9. The van der Waals surface area contributed by atoms with E-state index in [-0.39, 0.29) is 0 Å². The van der Waals surface area contributed by atoms with Crippen LogP contribution in [-0.2, 0) is 0 Å². The van der Waals surface area contributed by atoms with Crippen molar-refractivity contribution in [1.29, 1.82) is 0 Å². The Bertz CT molecular complexity index is 576. The number of nitrogens with zero attached hydrogens (tertiary/aromatic N) is 3. The van der Waals surface area contributed by atoms with E-state index in [0.29, 0.717) is 15.7 Å². The predicted molar refractivity (Wildman–Crippen MR) is 70.0 cm³/mol. The maximum absolute atomic E-state index is 10.9. The van der Waals surface area contributed by atoms with Crippen molar-refractivity contribution in [3.8, 4) is 0 Å². The smallest absolute Gasteiger partial charge is 0.194 e. The van der Waals surface area contributed by atoms with Gasteiger partial charge < -0.3 is 0 Å². The first-order chi connectivity index (χ1) is 8.61. The van der Waals surface area contributed by atoms with Crippen LogP contribution in [0.3, 0.4) is 0 Å². The minimum atomic E-state index is 0.557. The molecular weight excluding hydrogens is 246 g/mol. The molecule has 5 heteroatoms. The van der Waals surface area contributed by atoms with Gasteiger partial charge in [0.05, 0.1) is 0 Å². The third-order valence-electron chi connectivity index (χ3n) is 2.73. The molecule has 2 aromatic heterocycles. The van der Waals surface area contributed by atoms with Gasteiger partial charge in [0, 0.05) is 23.1 Å². The Morgan fingerprint density at radius 1 is 1.17 bits per heavy atom. The van der Waals surface area contributed by atoms with Crippen LogP contribution < -0.4 is 0 Å². The second-order valence-electron chi connectivity index (χ2n) is 3.92. The van der Waals surface area contributed by atoms with Gasteiger partial charge in [-0.2, -0.15) is 0 Å². The summed E-state index contributed by atoms with van der Waals surface area (Å²) in [5.41, 5.74) is 3.56. The molecule has 0 bridgehead atoms. The molecule has 0 radical (unpaired) electrons. The van der Waals surface area contributed by atoms with E-state index >= 15 is 0 Å². The highest BCUT2D eigenvalue weighted by Gasteiger charge is 2.09. The van der Waals surface area contributed by atoms with Crippen molar-refractivity contribution in [2.24, 2.45) is 0 Å². The number of rotatable bonds is 3. The number of aromatic nitrogens is 3. The number of hydrogen-bond acceptors (Lipinski definition) is 5. The zero-order valence-corrected chi connectivity index (χ0v) is 11.3. The third-order valence-corrected chi connectivity index (χ3v) is 3.63. The first-order valence-corrected chi connectivity index (χ1v) is 6.33. The lowest BCUT2D eigenvalue weighted by atomic mass is 10.2. The van der Waals surface area contributed by atoms with Crippen LogP contribution in [0.2, 0.25) is 0 Å². The van der Waals surface area contributed by atoms with Crippen molar-refractivity contribution < 1.29 is 4.79 Å². The summed E-state index contributed by atoms with van der Waals surface area (Å²) in [6.07, 6.45) is 2.45. The Morgan fingerprint density at radius 3 is 2.44 bits per heavy atom. The summed E-state index contributed by atoms with van der Waals surface area (Å²) in [7, 11) is 0. The first kappa shape index (κ1) is 12.7. The Kier molecular flexibility index (Phi) is 3.72. The van der Waals surface area contributed by atoms with Gasteiger partial charge in [0.15, 0.2) is 11.4 Å². The molecule has 0 fully saturated rings. The number of carbonyl (C=O) groups is 1. The highest BCUT2D eigenvalue weighted by Crippen LogP contribution is 2.26.